The minimum atomic E-state index is -0.439. The zero-order valence-electron chi connectivity index (χ0n) is 19.0. The SMILES string of the molecule is COC(=O)C(C)(C)CN1CCC(CN2CCC(Oc3ccc(Cl)cc3C)CC2)CC1. The van der Waals surface area contributed by atoms with Crippen LogP contribution < -0.4 is 4.74 Å². The molecule has 2 fully saturated rings. The van der Waals surface area contributed by atoms with Gasteiger partial charge in [-0.3, -0.25) is 4.79 Å². The third-order valence-electron chi connectivity index (χ3n) is 6.55. The van der Waals surface area contributed by atoms with E-state index in [4.69, 9.17) is 21.1 Å². The van der Waals surface area contributed by atoms with Gasteiger partial charge in [-0.15, -0.1) is 0 Å². The van der Waals surface area contributed by atoms with Crippen molar-refractivity contribution >= 4 is 17.6 Å². The van der Waals surface area contributed by atoms with Gasteiger partial charge in [0.15, 0.2) is 0 Å². The monoisotopic (exact) mass is 436 g/mol. The number of aryl methyl sites for hydroxylation is 1. The molecule has 2 heterocycles. The Morgan fingerprint density at radius 3 is 2.33 bits per heavy atom. The van der Waals surface area contributed by atoms with Crippen molar-refractivity contribution < 1.29 is 14.3 Å². The molecule has 30 heavy (non-hydrogen) atoms. The van der Waals surface area contributed by atoms with Gasteiger partial charge in [-0.25, -0.2) is 0 Å². The van der Waals surface area contributed by atoms with Crippen LogP contribution in [-0.4, -0.2) is 68.3 Å². The van der Waals surface area contributed by atoms with E-state index in [0.717, 1.165) is 67.8 Å². The molecule has 1 aromatic rings. The first-order valence-electron chi connectivity index (χ1n) is 11.2. The van der Waals surface area contributed by atoms with Crippen LogP contribution in [0.2, 0.25) is 5.02 Å². The Morgan fingerprint density at radius 1 is 1.10 bits per heavy atom. The molecule has 168 valence electrons. The quantitative estimate of drug-likeness (QED) is 0.592. The number of carbonyl (C=O) groups excluding carboxylic acids is 1. The third kappa shape index (κ3) is 6.35. The molecule has 0 unspecified atom stereocenters. The summed E-state index contributed by atoms with van der Waals surface area (Å²) in [5.74, 6) is 1.59. The summed E-state index contributed by atoms with van der Waals surface area (Å²) in [4.78, 5) is 17.0. The van der Waals surface area contributed by atoms with Crippen molar-refractivity contribution in [3.8, 4) is 5.75 Å². The molecule has 1 aromatic carbocycles. The first-order valence-corrected chi connectivity index (χ1v) is 11.6. The maximum Gasteiger partial charge on any atom is 0.312 e. The smallest absolute Gasteiger partial charge is 0.312 e. The number of ether oxygens (including phenoxy) is 2. The van der Waals surface area contributed by atoms with Gasteiger partial charge in [0.1, 0.15) is 11.9 Å². The van der Waals surface area contributed by atoms with E-state index in [2.05, 4.69) is 16.7 Å². The van der Waals surface area contributed by atoms with Crippen LogP contribution in [0.4, 0.5) is 0 Å². The molecule has 5 nitrogen and oxygen atoms in total. The molecule has 0 atom stereocenters. The van der Waals surface area contributed by atoms with E-state index < -0.39 is 5.41 Å². The summed E-state index contributed by atoms with van der Waals surface area (Å²) >= 11 is 6.05. The largest absolute Gasteiger partial charge is 0.490 e. The van der Waals surface area contributed by atoms with Crippen molar-refractivity contribution in [2.24, 2.45) is 11.3 Å². The van der Waals surface area contributed by atoms with Crippen LogP contribution in [0.15, 0.2) is 18.2 Å². The van der Waals surface area contributed by atoms with E-state index >= 15 is 0 Å². The van der Waals surface area contributed by atoms with Crippen molar-refractivity contribution in [1.29, 1.82) is 0 Å². The molecule has 0 spiro atoms. The lowest BCUT2D eigenvalue weighted by atomic mass is 9.90. The second-order valence-corrected chi connectivity index (χ2v) is 10.1. The molecule has 3 rings (SSSR count). The molecule has 2 saturated heterocycles. The third-order valence-corrected chi connectivity index (χ3v) is 6.78. The van der Waals surface area contributed by atoms with Gasteiger partial charge in [0.25, 0.3) is 0 Å². The topological polar surface area (TPSA) is 42.0 Å². The minimum Gasteiger partial charge on any atom is -0.490 e. The van der Waals surface area contributed by atoms with E-state index in [0.29, 0.717) is 6.10 Å². The number of likely N-dealkylation sites (tertiary alicyclic amines) is 2. The van der Waals surface area contributed by atoms with E-state index in [-0.39, 0.29) is 5.97 Å². The van der Waals surface area contributed by atoms with Crippen molar-refractivity contribution in [1.82, 2.24) is 9.80 Å². The fraction of sp³-hybridized carbons (Fsp3) is 0.708. The highest BCUT2D eigenvalue weighted by atomic mass is 35.5. The molecule has 0 aromatic heterocycles. The average molecular weight is 437 g/mol. The summed E-state index contributed by atoms with van der Waals surface area (Å²) < 4.78 is 11.2. The van der Waals surface area contributed by atoms with E-state index in [1.165, 1.54) is 26.5 Å². The van der Waals surface area contributed by atoms with Crippen LogP contribution in [0.25, 0.3) is 0 Å². The average Bonchev–Trinajstić information content (AvgIpc) is 2.72. The lowest BCUT2D eigenvalue weighted by molar-refractivity contribution is -0.152. The van der Waals surface area contributed by atoms with Gasteiger partial charge in [-0.1, -0.05) is 11.6 Å². The molecular weight excluding hydrogens is 400 g/mol. The number of benzene rings is 1. The Bertz CT molecular complexity index is 708. The fourth-order valence-corrected chi connectivity index (χ4v) is 4.95. The number of esters is 1. The lowest BCUT2D eigenvalue weighted by Crippen LogP contribution is -2.46. The molecule has 0 N–H and O–H groups in total. The molecule has 0 amide bonds. The molecule has 0 saturated carbocycles. The van der Waals surface area contributed by atoms with Gasteiger partial charge >= 0.3 is 5.97 Å². The zero-order chi connectivity index (χ0) is 21.7. The summed E-state index contributed by atoms with van der Waals surface area (Å²) in [6.07, 6.45) is 4.86. The highest BCUT2D eigenvalue weighted by Crippen LogP contribution is 2.27. The molecule has 2 aliphatic heterocycles. The Morgan fingerprint density at radius 2 is 1.73 bits per heavy atom. The van der Waals surface area contributed by atoms with Crippen LogP contribution in [0.3, 0.4) is 0 Å². The fourth-order valence-electron chi connectivity index (χ4n) is 4.73. The van der Waals surface area contributed by atoms with Crippen molar-refractivity contribution in [2.75, 3.05) is 46.4 Å². The first-order chi connectivity index (χ1) is 14.3. The van der Waals surface area contributed by atoms with Crippen LogP contribution in [0.5, 0.6) is 5.75 Å². The van der Waals surface area contributed by atoms with Crippen LogP contribution in [0.1, 0.15) is 45.1 Å². The first kappa shape index (κ1) is 23.4. The number of methoxy groups -OCH3 is 1. The van der Waals surface area contributed by atoms with Crippen LogP contribution >= 0.6 is 11.6 Å². The Kier molecular flexibility index (Phi) is 8.05. The number of hydrogen-bond acceptors (Lipinski definition) is 5. The summed E-state index contributed by atoms with van der Waals surface area (Å²) in [6.45, 7) is 12.3. The predicted octanol–water partition coefficient (Wildman–Crippen LogP) is 4.40. The predicted molar refractivity (Wildman–Crippen MR) is 121 cm³/mol. The summed E-state index contributed by atoms with van der Waals surface area (Å²) in [6, 6.07) is 5.85. The number of halogens is 1. The van der Waals surface area contributed by atoms with Gasteiger partial charge in [0.2, 0.25) is 0 Å². The van der Waals surface area contributed by atoms with Gasteiger partial charge in [-0.05, 0) is 89.2 Å². The maximum atomic E-state index is 11.9. The van der Waals surface area contributed by atoms with Gasteiger partial charge < -0.3 is 19.3 Å². The maximum absolute atomic E-state index is 11.9. The second kappa shape index (κ2) is 10.3. The molecule has 6 heteroatoms. The number of piperidine rings is 2. The van der Waals surface area contributed by atoms with Gasteiger partial charge in [0, 0.05) is 31.2 Å². The molecule has 0 radical (unpaired) electrons. The number of rotatable bonds is 7. The summed E-state index contributed by atoms with van der Waals surface area (Å²) in [7, 11) is 1.47. The lowest BCUT2D eigenvalue weighted by Gasteiger charge is -2.39. The van der Waals surface area contributed by atoms with E-state index in [9.17, 15) is 4.79 Å². The normalized spacial score (nSPS) is 20.3. The number of hydrogen-bond donors (Lipinski definition) is 0. The van der Waals surface area contributed by atoms with Crippen molar-refractivity contribution in [2.45, 2.75) is 52.6 Å². The number of nitrogens with zero attached hydrogens (tertiary/aromatic N) is 2. The molecule has 2 aliphatic rings. The Balaban J connectivity index is 1.37. The Hall–Kier alpha value is -1.30. The minimum absolute atomic E-state index is 0.122. The van der Waals surface area contributed by atoms with Gasteiger partial charge in [0.05, 0.1) is 12.5 Å². The highest BCUT2D eigenvalue weighted by molar-refractivity contribution is 6.30. The zero-order valence-corrected chi connectivity index (χ0v) is 19.7. The molecule has 0 bridgehead atoms. The van der Waals surface area contributed by atoms with Gasteiger partial charge in [-0.2, -0.15) is 0 Å². The van der Waals surface area contributed by atoms with Crippen LogP contribution in [-0.2, 0) is 9.53 Å². The molecular formula is C24H37ClN2O3. The van der Waals surface area contributed by atoms with Crippen molar-refractivity contribution in [3.05, 3.63) is 28.8 Å². The molecule has 0 aliphatic carbocycles. The standard InChI is InChI=1S/C24H37ClN2O3/c1-18-15-20(25)5-6-22(18)30-21-9-13-26(14-10-21)16-19-7-11-27(12-8-19)17-24(2,3)23(28)29-4/h5-6,15,19,21H,7-14,16-17H2,1-4H3. The number of carbonyl (C=O) groups is 1. The highest BCUT2D eigenvalue weighted by Gasteiger charge is 2.33. The van der Waals surface area contributed by atoms with E-state index in [1.807, 2.05) is 32.0 Å². The summed E-state index contributed by atoms with van der Waals surface area (Å²) in [5, 5.41) is 0.759. The van der Waals surface area contributed by atoms with Crippen molar-refractivity contribution in [3.63, 3.8) is 0 Å². The van der Waals surface area contributed by atoms with Crippen LogP contribution in [0, 0.1) is 18.3 Å². The summed E-state index contributed by atoms with van der Waals surface area (Å²) in [5.41, 5.74) is 0.665. The Labute approximate surface area is 186 Å². The van der Waals surface area contributed by atoms with E-state index in [1.54, 1.807) is 0 Å². The second-order valence-electron chi connectivity index (χ2n) is 9.62.